The van der Waals surface area contributed by atoms with E-state index in [4.69, 9.17) is 4.99 Å². The Morgan fingerprint density at radius 1 is 1.24 bits per heavy atom. The highest BCUT2D eigenvalue weighted by Gasteiger charge is 2.07. The van der Waals surface area contributed by atoms with E-state index in [9.17, 15) is 0 Å². The third kappa shape index (κ3) is 6.86. The van der Waals surface area contributed by atoms with Gasteiger partial charge in [-0.2, -0.15) is 0 Å². The van der Waals surface area contributed by atoms with Crippen LogP contribution >= 0.6 is 35.7 Å². The molecule has 0 saturated heterocycles. The monoisotopic (exact) mass is 470 g/mol. The molecular weight excluding hydrogens is 443 g/mol. The van der Waals surface area contributed by atoms with E-state index in [1.54, 1.807) is 11.8 Å². The number of benzene rings is 1. The molecule has 25 heavy (non-hydrogen) atoms. The predicted octanol–water partition coefficient (Wildman–Crippen LogP) is 4.33. The van der Waals surface area contributed by atoms with E-state index >= 15 is 0 Å². The van der Waals surface area contributed by atoms with E-state index in [0.717, 1.165) is 24.7 Å². The first kappa shape index (κ1) is 21.8. The number of nitrogens with one attached hydrogen (secondary N) is 1. The fourth-order valence-electron chi connectivity index (χ4n) is 2.38. The maximum atomic E-state index is 4.74. The summed E-state index contributed by atoms with van der Waals surface area (Å²) >= 11 is 1.76. The van der Waals surface area contributed by atoms with Crippen LogP contribution in [0.5, 0.6) is 0 Å². The first-order valence-electron chi connectivity index (χ1n) is 8.17. The van der Waals surface area contributed by atoms with Crippen molar-refractivity contribution >= 4 is 41.7 Å². The van der Waals surface area contributed by atoms with Crippen LogP contribution in [0.2, 0.25) is 0 Å². The summed E-state index contributed by atoms with van der Waals surface area (Å²) in [4.78, 5) is 12.6. The largest absolute Gasteiger partial charge is 0.357 e. The minimum atomic E-state index is 0. The lowest BCUT2D eigenvalue weighted by molar-refractivity contribution is 0.476. The number of pyridine rings is 1. The highest BCUT2D eigenvalue weighted by molar-refractivity contribution is 14.0. The molecule has 136 valence electrons. The molecule has 0 aliphatic rings. The highest BCUT2D eigenvalue weighted by atomic mass is 127. The van der Waals surface area contributed by atoms with Gasteiger partial charge < -0.3 is 10.2 Å². The number of nitrogens with zero attached hydrogens (tertiary/aromatic N) is 3. The fraction of sp³-hybridized carbons (Fsp3) is 0.368. The lowest BCUT2D eigenvalue weighted by Gasteiger charge is -2.22. The minimum Gasteiger partial charge on any atom is -0.357 e. The normalized spacial score (nSPS) is 11.0. The van der Waals surface area contributed by atoms with Crippen LogP contribution < -0.4 is 5.32 Å². The van der Waals surface area contributed by atoms with Crippen molar-refractivity contribution in [1.82, 2.24) is 15.2 Å². The average Bonchev–Trinajstić information content (AvgIpc) is 2.60. The van der Waals surface area contributed by atoms with Crippen LogP contribution in [-0.4, -0.2) is 35.7 Å². The van der Waals surface area contributed by atoms with Gasteiger partial charge in [0, 0.05) is 31.2 Å². The quantitative estimate of drug-likeness (QED) is 0.296. The van der Waals surface area contributed by atoms with Crippen molar-refractivity contribution in [2.24, 2.45) is 4.99 Å². The number of hydrogen-bond acceptors (Lipinski definition) is 3. The molecule has 0 amide bonds. The Morgan fingerprint density at radius 2 is 1.96 bits per heavy atom. The van der Waals surface area contributed by atoms with Crippen LogP contribution in [0, 0.1) is 6.92 Å². The summed E-state index contributed by atoms with van der Waals surface area (Å²) in [6.07, 6.45) is 3.92. The number of aromatic nitrogens is 1. The Kier molecular flexibility index (Phi) is 9.89. The van der Waals surface area contributed by atoms with Crippen molar-refractivity contribution in [2.45, 2.75) is 31.8 Å². The molecule has 0 aliphatic heterocycles. The number of thioether (sulfide) groups is 1. The van der Waals surface area contributed by atoms with Gasteiger partial charge in [0.05, 0.1) is 12.2 Å². The zero-order valence-corrected chi connectivity index (χ0v) is 18.5. The number of aryl methyl sites for hydroxylation is 1. The number of hydrogen-bond donors (Lipinski definition) is 1. The van der Waals surface area contributed by atoms with E-state index in [2.05, 4.69) is 72.7 Å². The molecule has 0 bridgehead atoms. The van der Waals surface area contributed by atoms with Gasteiger partial charge in [0.25, 0.3) is 0 Å². The number of halogens is 1. The van der Waals surface area contributed by atoms with Crippen molar-refractivity contribution in [1.29, 1.82) is 0 Å². The van der Waals surface area contributed by atoms with Crippen molar-refractivity contribution in [3.63, 3.8) is 0 Å². The van der Waals surface area contributed by atoms with Crippen LogP contribution in [0.1, 0.15) is 23.7 Å². The maximum Gasteiger partial charge on any atom is 0.194 e. The minimum absolute atomic E-state index is 0. The lowest BCUT2D eigenvalue weighted by atomic mass is 10.2. The third-order valence-electron chi connectivity index (χ3n) is 3.77. The number of rotatable bonds is 6. The molecule has 0 atom stereocenters. The van der Waals surface area contributed by atoms with Gasteiger partial charge in [-0.05, 0) is 49.4 Å². The van der Waals surface area contributed by atoms with Crippen molar-refractivity contribution in [2.75, 3.05) is 19.8 Å². The number of aliphatic imine (C=N–C) groups is 1. The van der Waals surface area contributed by atoms with Crippen LogP contribution in [0.3, 0.4) is 0 Å². The second-order valence-electron chi connectivity index (χ2n) is 5.64. The second-order valence-corrected chi connectivity index (χ2v) is 6.52. The Labute approximate surface area is 172 Å². The predicted molar refractivity (Wildman–Crippen MR) is 119 cm³/mol. The molecule has 0 radical (unpaired) electrons. The van der Waals surface area contributed by atoms with Crippen LogP contribution in [0.15, 0.2) is 52.5 Å². The number of guanidine groups is 1. The van der Waals surface area contributed by atoms with E-state index in [1.165, 1.54) is 16.0 Å². The van der Waals surface area contributed by atoms with Gasteiger partial charge in [0.1, 0.15) is 0 Å². The van der Waals surface area contributed by atoms with Gasteiger partial charge in [0.15, 0.2) is 5.96 Å². The molecule has 4 nitrogen and oxygen atoms in total. The summed E-state index contributed by atoms with van der Waals surface area (Å²) in [5.41, 5.74) is 3.47. The van der Waals surface area contributed by atoms with Crippen LogP contribution in [0.4, 0.5) is 0 Å². The molecule has 2 rings (SSSR count). The summed E-state index contributed by atoms with van der Waals surface area (Å²) in [6, 6.07) is 12.7. The molecule has 1 aromatic carbocycles. The van der Waals surface area contributed by atoms with Crippen molar-refractivity contribution in [3.8, 4) is 0 Å². The topological polar surface area (TPSA) is 40.5 Å². The molecule has 1 heterocycles. The Balaban J connectivity index is 0.00000312. The first-order valence-corrected chi connectivity index (χ1v) is 9.39. The van der Waals surface area contributed by atoms with Crippen molar-refractivity contribution in [3.05, 3.63) is 59.4 Å². The SMILES string of the molecule is CCNC(=NCc1ncccc1C)N(C)Cc1ccc(SC)cc1.I. The average molecular weight is 470 g/mol. The fourth-order valence-corrected chi connectivity index (χ4v) is 2.79. The molecule has 6 heteroatoms. The second kappa shape index (κ2) is 11.4. The lowest BCUT2D eigenvalue weighted by Crippen LogP contribution is -2.38. The van der Waals surface area contributed by atoms with Crippen LogP contribution in [0.25, 0.3) is 0 Å². The molecule has 1 N–H and O–H groups in total. The van der Waals surface area contributed by atoms with E-state index in [-0.39, 0.29) is 24.0 Å². The van der Waals surface area contributed by atoms with Gasteiger partial charge in [-0.1, -0.05) is 18.2 Å². The third-order valence-corrected chi connectivity index (χ3v) is 4.52. The molecule has 0 aliphatic carbocycles. The summed E-state index contributed by atoms with van der Waals surface area (Å²) in [7, 11) is 2.06. The molecule has 2 aromatic rings. The summed E-state index contributed by atoms with van der Waals surface area (Å²) in [5, 5.41) is 3.36. The van der Waals surface area contributed by atoms with Gasteiger partial charge in [-0.15, -0.1) is 35.7 Å². The first-order chi connectivity index (χ1) is 11.6. The smallest absolute Gasteiger partial charge is 0.194 e. The van der Waals surface area contributed by atoms with Gasteiger partial charge in [-0.25, -0.2) is 4.99 Å². The summed E-state index contributed by atoms with van der Waals surface area (Å²) < 4.78 is 0. The Bertz CT molecular complexity index is 673. The maximum absolute atomic E-state index is 4.74. The standard InChI is InChI=1S/C19H26N4S.HI/c1-5-20-19(22-13-18-15(2)7-6-12-21-18)23(3)14-16-8-10-17(24-4)11-9-16;/h6-12H,5,13-14H2,1-4H3,(H,20,22);1H. The highest BCUT2D eigenvalue weighted by Crippen LogP contribution is 2.15. The van der Waals surface area contributed by atoms with E-state index in [1.807, 2.05) is 12.3 Å². The Morgan fingerprint density at radius 3 is 2.56 bits per heavy atom. The molecular formula is C19H27IN4S. The van der Waals surface area contributed by atoms with Crippen molar-refractivity contribution < 1.29 is 0 Å². The van der Waals surface area contributed by atoms with Gasteiger partial charge in [0.2, 0.25) is 0 Å². The van der Waals surface area contributed by atoms with E-state index < -0.39 is 0 Å². The molecule has 1 aromatic heterocycles. The van der Waals surface area contributed by atoms with Gasteiger partial charge in [-0.3, -0.25) is 4.98 Å². The zero-order valence-electron chi connectivity index (χ0n) is 15.3. The summed E-state index contributed by atoms with van der Waals surface area (Å²) in [6.45, 7) is 6.41. The molecule has 0 spiro atoms. The van der Waals surface area contributed by atoms with Gasteiger partial charge >= 0.3 is 0 Å². The molecule has 0 fully saturated rings. The molecule has 0 saturated carbocycles. The summed E-state index contributed by atoms with van der Waals surface area (Å²) in [5.74, 6) is 0.900. The van der Waals surface area contributed by atoms with Crippen LogP contribution in [-0.2, 0) is 13.1 Å². The molecule has 0 unspecified atom stereocenters. The Hall–Kier alpha value is -1.28. The zero-order chi connectivity index (χ0) is 17.4. The van der Waals surface area contributed by atoms with E-state index in [0.29, 0.717) is 6.54 Å².